The lowest BCUT2D eigenvalue weighted by atomic mass is 9.85. The van der Waals surface area contributed by atoms with E-state index in [0.717, 1.165) is 17.2 Å². The molecule has 0 saturated heterocycles. The van der Waals surface area contributed by atoms with Crippen LogP contribution in [0.5, 0.6) is 17.2 Å². The van der Waals surface area contributed by atoms with E-state index < -0.39 is 0 Å². The molecule has 0 aliphatic rings. The number of methoxy groups -OCH3 is 1. The molecule has 2 aromatic rings. The van der Waals surface area contributed by atoms with Gasteiger partial charge in [-0.05, 0) is 48.2 Å². The Morgan fingerprint density at radius 2 is 1.43 bits per heavy atom. The summed E-state index contributed by atoms with van der Waals surface area (Å²) in [6.45, 7) is 9.71. The Kier molecular flexibility index (Phi) is 5.54. The molecule has 0 bridgehead atoms. The fraction of sp³-hybridized carbons (Fsp3) is 0.400. The van der Waals surface area contributed by atoms with Crippen LogP contribution in [0.4, 0.5) is 0 Å². The Hall–Kier alpha value is -2.16. The zero-order valence-electron chi connectivity index (χ0n) is 14.7. The molecule has 23 heavy (non-hydrogen) atoms. The van der Waals surface area contributed by atoms with E-state index in [4.69, 9.17) is 14.2 Å². The maximum absolute atomic E-state index is 5.94. The van der Waals surface area contributed by atoms with E-state index in [1.807, 2.05) is 30.3 Å². The molecule has 2 aromatic carbocycles. The predicted molar refractivity (Wildman–Crippen MR) is 93.9 cm³/mol. The third kappa shape index (κ3) is 4.92. The summed E-state index contributed by atoms with van der Waals surface area (Å²) >= 11 is 0. The van der Waals surface area contributed by atoms with Crippen molar-refractivity contribution in [3.63, 3.8) is 0 Å². The summed E-state index contributed by atoms with van der Waals surface area (Å²) in [5, 5.41) is 0. The van der Waals surface area contributed by atoms with Crippen LogP contribution in [0, 0.1) is 6.92 Å². The normalized spacial score (nSPS) is 11.2. The molecule has 124 valence electrons. The zero-order chi connectivity index (χ0) is 16.9. The van der Waals surface area contributed by atoms with Gasteiger partial charge in [0.25, 0.3) is 0 Å². The van der Waals surface area contributed by atoms with Gasteiger partial charge in [0, 0.05) is 0 Å². The molecular weight excluding hydrogens is 288 g/mol. The highest BCUT2D eigenvalue weighted by molar-refractivity contribution is 5.41. The van der Waals surface area contributed by atoms with Gasteiger partial charge in [-0.15, -0.1) is 0 Å². The minimum Gasteiger partial charge on any atom is -0.497 e. The quantitative estimate of drug-likeness (QED) is 0.720. The van der Waals surface area contributed by atoms with Crippen molar-refractivity contribution >= 4 is 0 Å². The molecule has 0 unspecified atom stereocenters. The Labute approximate surface area is 139 Å². The van der Waals surface area contributed by atoms with Crippen molar-refractivity contribution in [2.75, 3.05) is 20.3 Å². The molecule has 0 amide bonds. The van der Waals surface area contributed by atoms with Crippen LogP contribution in [0.15, 0.2) is 42.5 Å². The summed E-state index contributed by atoms with van der Waals surface area (Å²) in [5.74, 6) is 2.57. The first-order chi connectivity index (χ1) is 10.9. The number of hydrogen-bond donors (Lipinski definition) is 0. The van der Waals surface area contributed by atoms with E-state index in [-0.39, 0.29) is 5.41 Å². The van der Waals surface area contributed by atoms with Gasteiger partial charge in [0.1, 0.15) is 30.5 Å². The smallest absolute Gasteiger partial charge is 0.123 e. The molecule has 0 saturated carbocycles. The van der Waals surface area contributed by atoms with E-state index in [1.165, 1.54) is 11.1 Å². The number of hydrogen-bond acceptors (Lipinski definition) is 3. The first kappa shape index (κ1) is 17.2. The highest BCUT2D eigenvalue weighted by Gasteiger charge is 2.19. The van der Waals surface area contributed by atoms with Gasteiger partial charge in [0.05, 0.1) is 7.11 Å². The maximum Gasteiger partial charge on any atom is 0.123 e. The van der Waals surface area contributed by atoms with Gasteiger partial charge in [-0.2, -0.15) is 0 Å². The Balaban J connectivity index is 1.91. The molecule has 0 N–H and O–H groups in total. The fourth-order valence-electron chi connectivity index (χ4n) is 2.34. The zero-order valence-corrected chi connectivity index (χ0v) is 14.7. The molecular formula is C20H26O3. The largest absolute Gasteiger partial charge is 0.497 e. The summed E-state index contributed by atoms with van der Waals surface area (Å²) < 4.78 is 16.8. The van der Waals surface area contributed by atoms with Crippen LogP contribution in [0.1, 0.15) is 31.9 Å². The van der Waals surface area contributed by atoms with Crippen molar-refractivity contribution in [3.8, 4) is 17.2 Å². The van der Waals surface area contributed by atoms with Gasteiger partial charge in [-0.3, -0.25) is 0 Å². The van der Waals surface area contributed by atoms with Gasteiger partial charge < -0.3 is 14.2 Å². The van der Waals surface area contributed by atoms with Crippen LogP contribution in [0.3, 0.4) is 0 Å². The number of aryl methyl sites for hydroxylation is 1. The molecule has 3 nitrogen and oxygen atoms in total. The van der Waals surface area contributed by atoms with E-state index >= 15 is 0 Å². The second-order valence-corrected chi connectivity index (χ2v) is 6.62. The highest BCUT2D eigenvalue weighted by atomic mass is 16.5. The average molecular weight is 314 g/mol. The minimum absolute atomic E-state index is 0.0538. The molecule has 0 atom stereocenters. The second kappa shape index (κ2) is 7.40. The second-order valence-electron chi connectivity index (χ2n) is 6.62. The molecule has 2 rings (SSSR count). The summed E-state index contributed by atoms with van der Waals surface area (Å²) in [7, 11) is 1.65. The summed E-state index contributed by atoms with van der Waals surface area (Å²) in [6.07, 6.45) is 0. The van der Waals surface area contributed by atoms with Crippen molar-refractivity contribution < 1.29 is 14.2 Å². The van der Waals surface area contributed by atoms with E-state index in [2.05, 4.69) is 39.8 Å². The summed E-state index contributed by atoms with van der Waals surface area (Å²) in [5.41, 5.74) is 2.52. The van der Waals surface area contributed by atoms with Gasteiger partial charge in [-0.1, -0.05) is 38.5 Å². The topological polar surface area (TPSA) is 27.7 Å². The Morgan fingerprint density at radius 3 is 2.04 bits per heavy atom. The van der Waals surface area contributed by atoms with E-state index in [9.17, 15) is 0 Å². The Bertz CT molecular complexity index is 624. The average Bonchev–Trinajstić information content (AvgIpc) is 2.52. The third-order valence-corrected chi connectivity index (χ3v) is 3.61. The summed E-state index contributed by atoms with van der Waals surface area (Å²) in [6, 6.07) is 13.9. The van der Waals surface area contributed by atoms with Gasteiger partial charge in [0.2, 0.25) is 0 Å². The molecule has 0 aliphatic heterocycles. The molecule has 3 heteroatoms. The maximum atomic E-state index is 5.94. The lowest BCUT2D eigenvalue weighted by Crippen LogP contribution is -2.16. The standard InChI is InChI=1S/C20H26O3/c1-15-6-11-19(18(14-15)20(2,3)4)23-13-12-22-17-9-7-16(21-5)8-10-17/h6-11,14H,12-13H2,1-5H3. The third-order valence-electron chi connectivity index (χ3n) is 3.61. The van der Waals surface area contributed by atoms with Crippen LogP contribution in [0.2, 0.25) is 0 Å². The number of rotatable bonds is 6. The Morgan fingerprint density at radius 1 is 0.826 bits per heavy atom. The molecule has 0 aliphatic carbocycles. The first-order valence-corrected chi connectivity index (χ1v) is 7.91. The van der Waals surface area contributed by atoms with E-state index in [1.54, 1.807) is 7.11 Å². The predicted octanol–water partition coefficient (Wildman–Crippen LogP) is 4.76. The monoisotopic (exact) mass is 314 g/mol. The molecule has 0 heterocycles. The molecule has 0 spiro atoms. The first-order valence-electron chi connectivity index (χ1n) is 7.91. The molecule has 0 radical (unpaired) electrons. The van der Waals surface area contributed by atoms with Crippen LogP contribution in [-0.4, -0.2) is 20.3 Å². The molecule has 0 fully saturated rings. The SMILES string of the molecule is COc1ccc(OCCOc2ccc(C)cc2C(C)(C)C)cc1. The minimum atomic E-state index is 0.0538. The van der Waals surface area contributed by atoms with Gasteiger partial charge in [-0.25, -0.2) is 0 Å². The van der Waals surface area contributed by atoms with Crippen LogP contribution in [0.25, 0.3) is 0 Å². The summed E-state index contributed by atoms with van der Waals surface area (Å²) in [4.78, 5) is 0. The van der Waals surface area contributed by atoms with Crippen molar-refractivity contribution in [1.29, 1.82) is 0 Å². The van der Waals surface area contributed by atoms with Crippen LogP contribution >= 0.6 is 0 Å². The van der Waals surface area contributed by atoms with Crippen LogP contribution < -0.4 is 14.2 Å². The lowest BCUT2D eigenvalue weighted by molar-refractivity contribution is 0.214. The fourth-order valence-corrected chi connectivity index (χ4v) is 2.34. The van der Waals surface area contributed by atoms with Crippen LogP contribution in [-0.2, 0) is 5.41 Å². The van der Waals surface area contributed by atoms with Gasteiger partial charge >= 0.3 is 0 Å². The van der Waals surface area contributed by atoms with Gasteiger partial charge in [0.15, 0.2) is 0 Å². The van der Waals surface area contributed by atoms with Crippen molar-refractivity contribution in [2.45, 2.75) is 33.1 Å². The number of ether oxygens (including phenoxy) is 3. The van der Waals surface area contributed by atoms with Crippen molar-refractivity contribution in [1.82, 2.24) is 0 Å². The lowest BCUT2D eigenvalue weighted by Gasteiger charge is -2.23. The van der Waals surface area contributed by atoms with Crippen molar-refractivity contribution in [2.24, 2.45) is 0 Å². The van der Waals surface area contributed by atoms with Crippen molar-refractivity contribution in [3.05, 3.63) is 53.6 Å². The number of benzene rings is 2. The van der Waals surface area contributed by atoms with E-state index in [0.29, 0.717) is 13.2 Å². The highest BCUT2D eigenvalue weighted by Crippen LogP contribution is 2.32. The molecule has 0 aromatic heterocycles.